The Kier molecular flexibility index (Phi) is 5.43. The summed E-state index contributed by atoms with van der Waals surface area (Å²) in [5.74, 6) is -0.115. The summed E-state index contributed by atoms with van der Waals surface area (Å²) in [6.45, 7) is 0. The lowest BCUT2D eigenvalue weighted by Gasteiger charge is -2.10. The number of methoxy groups -OCH3 is 2. The molecule has 2 aromatic carbocycles. The summed E-state index contributed by atoms with van der Waals surface area (Å²) in [7, 11) is 3.01. The van der Waals surface area contributed by atoms with Crippen LogP contribution in [0.2, 0.25) is 5.02 Å². The summed E-state index contributed by atoms with van der Waals surface area (Å²) < 4.78 is 10.4. The summed E-state index contributed by atoms with van der Waals surface area (Å²) in [4.78, 5) is 11.1. The highest BCUT2D eigenvalue weighted by Crippen LogP contribution is 2.36. The monoisotopic (exact) mass is 334 g/mol. The predicted octanol–water partition coefficient (Wildman–Crippen LogP) is 3.50. The van der Waals surface area contributed by atoms with Crippen molar-refractivity contribution in [2.45, 2.75) is 0 Å². The molecule has 23 heavy (non-hydrogen) atoms. The molecule has 0 aromatic heterocycles. The van der Waals surface area contributed by atoms with Crippen molar-refractivity contribution in [1.29, 1.82) is 0 Å². The molecule has 2 aromatic rings. The zero-order chi connectivity index (χ0) is 16.8. The summed E-state index contributed by atoms with van der Waals surface area (Å²) in [5, 5.41) is 13.5. The van der Waals surface area contributed by atoms with E-state index in [-0.39, 0.29) is 5.56 Å². The van der Waals surface area contributed by atoms with Gasteiger partial charge in [-0.3, -0.25) is 5.43 Å². The zero-order valence-corrected chi connectivity index (χ0v) is 13.3. The van der Waals surface area contributed by atoms with Crippen molar-refractivity contribution in [3.63, 3.8) is 0 Å². The first-order valence-corrected chi connectivity index (χ1v) is 6.98. The van der Waals surface area contributed by atoms with Crippen LogP contribution in [0.5, 0.6) is 11.5 Å². The lowest BCUT2D eigenvalue weighted by Crippen LogP contribution is -2.02. The van der Waals surface area contributed by atoms with Gasteiger partial charge in [-0.2, -0.15) is 5.10 Å². The number of carbonyl (C=O) groups is 1. The minimum absolute atomic E-state index is 0.128. The quantitative estimate of drug-likeness (QED) is 0.624. The van der Waals surface area contributed by atoms with E-state index in [1.807, 2.05) is 0 Å². The molecule has 0 aliphatic rings. The van der Waals surface area contributed by atoms with Gasteiger partial charge in [-0.05, 0) is 24.3 Å². The molecule has 0 saturated heterocycles. The van der Waals surface area contributed by atoms with Gasteiger partial charge in [0.2, 0.25) is 0 Å². The molecule has 0 unspecified atom stereocenters. The number of carboxylic acid groups (broad SMARTS) is 1. The number of hydrogen-bond acceptors (Lipinski definition) is 5. The van der Waals surface area contributed by atoms with Crippen molar-refractivity contribution in [2.75, 3.05) is 19.6 Å². The number of nitrogens with one attached hydrogen (secondary N) is 1. The standard InChI is InChI=1S/C16H15ClN2O4/c1-22-13-8-7-10(14(17)15(13)23-2)9-18-19-12-6-4-3-5-11(12)16(20)21/h3-9,19H,1-2H3,(H,20,21). The van der Waals surface area contributed by atoms with Crippen LogP contribution in [0.4, 0.5) is 5.69 Å². The van der Waals surface area contributed by atoms with Gasteiger partial charge in [0, 0.05) is 5.56 Å². The fraction of sp³-hybridized carbons (Fsp3) is 0.125. The highest BCUT2D eigenvalue weighted by atomic mass is 35.5. The Bertz CT molecular complexity index is 747. The molecule has 7 heteroatoms. The Morgan fingerprint density at radius 1 is 1.22 bits per heavy atom. The first kappa shape index (κ1) is 16.6. The van der Waals surface area contributed by atoms with E-state index in [0.717, 1.165) is 0 Å². The number of rotatable bonds is 6. The number of halogens is 1. The number of hydrazone groups is 1. The number of hydrogen-bond donors (Lipinski definition) is 2. The fourth-order valence-electron chi connectivity index (χ4n) is 1.94. The minimum atomic E-state index is -1.03. The molecule has 0 fully saturated rings. The zero-order valence-electron chi connectivity index (χ0n) is 12.5. The van der Waals surface area contributed by atoms with Gasteiger partial charge < -0.3 is 14.6 Å². The van der Waals surface area contributed by atoms with Crippen molar-refractivity contribution in [2.24, 2.45) is 5.10 Å². The molecule has 0 radical (unpaired) electrons. The van der Waals surface area contributed by atoms with Gasteiger partial charge >= 0.3 is 5.97 Å². The molecule has 120 valence electrons. The molecule has 0 bridgehead atoms. The lowest BCUT2D eigenvalue weighted by molar-refractivity contribution is 0.0698. The second kappa shape index (κ2) is 7.51. The van der Waals surface area contributed by atoms with Gasteiger partial charge in [0.05, 0.1) is 36.7 Å². The molecule has 0 spiro atoms. The number of benzene rings is 2. The smallest absolute Gasteiger partial charge is 0.337 e. The van der Waals surface area contributed by atoms with Crippen molar-refractivity contribution >= 4 is 29.5 Å². The van der Waals surface area contributed by atoms with Gasteiger partial charge in [-0.15, -0.1) is 0 Å². The number of ether oxygens (including phenoxy) is 2. The van der Waals surface area contributed by atoms with E-state index in [4.69, 9.17) is 26.2 Å². The molecule has 6 nitrogen and oxygen atoms in total. The van der Waals surface area contributed by atoms with Crippen LogP contribution in [-0.2, 0) is 0 Å². The molecule has 0 amide bonds. The summed E-state index contributed by atoms with van der Waals surface area (Å²) >= 11 is 6.24. The van der Waals surface area contributed by atoms with E-state index < -0.39 is 5.97 Å². The molecule has 0 saturated carbocycles. The van der Waals surface area contributed by atoms with Gasteiger partial charge in [0.25, 0.3) is 0 Å². The third-order valence-corrected chi connectivity index (χ3v) is 3.45. The average Bonchev–Trinajstić information content (AvgIpc) is 2.56. The van der Waals surface area contributed by atoms with E-state index >= 15 is 0 Å². The number of carboxylic acids is 1. The van der Waals surface area contributed by atoms with Gasteiger partial charge in [0.15, 0.2) is 11.5 Å². The highest BCUT2D eigenvalue weighted by molar-refractivity contribution is 6.34. The Hall–Kier alpha value is -2.73. The van der Waals surface area contributed by atoms with Crippen LogP contribution < -0.4 is 14.9 Å². The molecular formula is C16H15ClN2O4. The maximum Gasteiger partial charge on any atom is 0.337 e. The van der Waals surface area contributed by atoms with Crippen LogP contribution in [0.25, 0.3) is 0 Å². The molecule has 0 heterocycles. The van der Waals surface area contributed by atoms with Crippen LogP contribution >= 0.6 is 11.6 Å². The van der Waals surface area contributed by atoms with E-state index in [1.165, 1.54) is 26.5 Å². The molecule has 0 atom stereocenters. The summed E-state index contributed by atoms with van der Waals surface area (Å²) in [6, 6.07) is 9.90. The maximum absolute atomic E-state index is 11.1. The topological polar surface area (TPSA) is 80.2 Å². The van der Waals surface area contributed by atoms with E-state index in [2.05, 4.69) is 10.5 Å². The maximum atomic E-state index is 11.1. The minimum Gasteiger partial charge on any atom is -0.493 e. The molecule has 2 N–H and O–H groups in total. The molecule has 0 aliphatic heterocycles. The first-order valence-electron chi connectivity index (χ1n) is 6.60. The van der Waals surface area contributed by atoms with E-state index in [9.17, 15) is 4.79 Å². The number of anilines is 1. The van der Waals surface area contributed by atoms with Gasteiger partial charge in [-0.25, -0.2) is 4.79 Å². The Morgan fingerprint density at radius 3 is 2.61 bits per heavy atom. The summed E-state index contributed by atoms with van der Waals surface area (Å²) in [5.41, 5.74) is 3.81. The van der Waals surface area contributed by atoms with E-state index in [1.54, 1.807) is 30.3 Å². The normalized spacial score (nSPS) is 10.6. The fourth-order valence-corrected chi connectivity index (χ4v) is 2.22. The van der Waals surface area contributed by atoms with Crippen LogP contribution in [0.15, 0.2) is 41.5 Å². The average molecular weight is 335 g/mol. The highest BCUT2D eigenvalue weighted by Gasteiger charge is 2.12. The molecule has 0 aliphatic carbocycles. The number of para-hydroxylation sites is 1. The summed E-state index contributed by atoms with van der Waals surface area (Å²) in [6.07, 6.45) is 1.48. The first-order chi connectivity index (χ1) is 11.1. The van der Waals surface area contributed by atoms with Crippen LogP contribution in [0.1, 0.15) is 15.9 Å². The largest absolute Gasteiger partial charge is 0.493 e. The van der Waals surface area contributed by atoms with Crippen molar-refractivity contribution < 1.29 is 19.4 Å². The second-order valence-electron chi connectivity index (χ2n) is 4.43. The molecule has 2 rings (SSSR count). The molecular weight excluding hydrogens is 320 g/mol. The number of nitrogens with zero attached hydrogens (tertiary/aromatic N) is 1. The Labute approximate surface area is 138 Å². The second-order valence-corrected chi connectivity index (χ2v) is 4.80. The SMILES string of the molecule is COc1ccc(C=NNc2ccccc2C(=O)O)c(Cl)c1OC. The lowest BCUT2D eigenvalue weighted by atomic mass is 10.2. The van der Waals surface area contributed by atoms with Crippen molar-refractivity contribution in [1.82, 2.24) is 0 Å². The third-order valence-electron chi connectivity index (χ3n) is 3.06. The Balaban J connectivity index is 2.24. The van der Waals surface area contributed by atoms with Crippen LogP contribution in [0.3, 0.4) is 0 Å². The third kappa shape index (κ3) is 3.73. The van der Waals surface area contributed by atoms with Crippen molar-refractivity contribution in [3.05, 3.63) is 52.5 Å². The van der Waals surface area contributed by atoms with Crippen LogP contribution in [-0.4, -0.2) is 31.5 Å². The van der Waals surface area contributed by atoms with Gasteiger partial charge in [-0.1, -0.05) is 23.7 Å². The van der Waals surface area contributed by atoms with Crippen molar-refractivity contribution in [3.8, 4) is 11.5 Å². The number of aromatic carboxylic acids is 1. The van der Waals surface area contributed by atoms with Crippen LogP contribution in [0, 0.1) is 0 Å². The van der Waals surface area contributed by atoms with Gasteiger partial charge in [0.1, 0.15) is 0 Å². The Morgan fingerprint density at radius 2 is 1.96 bits per heavy atom. The van der Waals surface area contributed by atoms with E-state index in [0.29, 0.717) is 27.8 Å². The predicted molar refractivity (Wildman–Crippen MR) is 89.2 cm³/mol.